The summed E-state index contributed by atoms with van der Waals surface area (Å²) in [5.74, 6) is 2.08. The first-order chi connectivity index (χ1) is 16.8. The molecule has 7 nitrogen and oxygen atoms in total. The average molecular weight is 493 g/mol. The van der Waals surface area contributed by atoms with Crippen molar-refractivity contribution in [2.45, 2.75) is 50.0 Å². The van der Waals surface area contributed by atoms with Crippen LogP contribution in [-0.2, 0) is 10.0 Å². The van der Waals surface area contributed by atoms with Crippen molar-refractivity contribution in [1.82, 2.24) is 4.31 Å². The van der Waals surface area contributed by atoms with E-state index in [1.165, 1.54) is 18.6 Å². The Bertz CT molecular complexity index is 1420. The highest BCUT2D eigenvalue weighted by Gasteiger charge is 2.46. The van der Waals surface area contributed by atoms with Crippen molar-refractivity contribution < 1.29 is 18.1 Å². The fourth-order valence-electron chi connectivity index (χ4n) is 6.63. The highest BCUT2D eigenvalue weighted by Crippen LogP contribution is 2.49. The number of sulfonamides is 1. The largest absolute Gasteiger partial charge is 0.449 e. The average Bonchev–Trinajstić information content (AvgIpc) is 3.03. The first-order valence-corrected chi connectivity index (χ1v) is 13.7. The van der Waals surface area contributed by atoms with Crippen LogP contribution in [-0.4, -0.2) is 30.2 Å². The van der Waals surface area contributed by atoms with Crippen LogP contribution in [0.3, 0.4) is 0 Å². The van der Waals surface area contributed by atoms with E-state index in [9.17, 15) is 18.5 Å². The lowest BCUT2D eigenvalue weighted by atomic mass is 9.68. The molecule has 0 amide bonds. The van der Waals surface area contributed by atoms with Crippen LogP contribution in [0.5, 0.6) is 11.5 Å². The molecule has 35 heavy (non-hydrogen) atoms. The molecule has 3 aromatic carbocycles. The molecule has 3 aromatic rings. The SMILES string of the molecule is Cc1ccc(Oc2cc(S(=O)(=O)N3CC4CC5CC(C4)CC3C5)cc3ccccc23)c([N+](=O)[O-])c1. The highest BCUT2D eigenvalue weighted by molar-refractivity contribution is 7.89. The fraction of sp³-hybridized carbons (Fsp3) is 0.407. The number of aryl methyl sites for hydroxylation is 1. The van der Waals surface area contributed by atoms with Gasteiger partial charge in [0.1, 0.15) is 5.75 Å². The number of rotatable bonds is 5. The molecule has 4 fully saturated rings. The maximum absolute atomic E-state index is 14.0. The number of fused-ring (bicyclic) bond motifs is 2. The van der Waals surface area contributed by atoms with Crippen molar-refractivity contribution in [2.75, 3.05) is 6.54 Å². The Morgan fingerprint density at radius 1 is 0.914 bits per heavy atom. The minimum Gasteiger partial charge on any atom is -0.449 e. The molecule has 0 aromatic heterocycles. The Kier molecular flexibility index (Phi) is 5.34. The second kappa shape index (κ2) is 8.31. The minimum atomic E-state index is -3.76. The van der Waals surface area contributed by atoms with Gasteiger partial charge in [-0.3, -0.25) is 10.1 Å². The summed E-state index contributed by atoms with van der Waals surface area (Å²) < 4.78 is 35.9. The molecule has 2 unspecified atom stereocenters. The van der Waals surface area contributed by atoms with Crippen LogP contribution in [0.25, 0.3) is 10.8 Å². The zero-order valence-electron chi connectivity index (χ0n) is 19.6. The molecule has 7 rings (SSSR count). The predicted molar refractivity (Wildman–Crippen MR) is 133 cm³/mol. The molecule has 2 aliphatic carbocycles. The van der Waals surface area contributed by atoms with Gasteiger partial charge in [0, 0.05) is 30.1 Å². The van der Waals surface area contributed by atoms with Gasteiger partial charge in [0.25, 0.3) is 0 Å². The summed E-state index contributed by atoms with van der Waals surface area (Å²) in [7, 11) is -3.76. The predicted octanol–water partition coefficient (Wildman–Crippen LogP) is 6.05. The fourth-order valence-corrected chi connectivity index (χ4v) is 8.40. The summed E-state index contributed by atoms with van der Waals surface area (Å²) in [6.45, 7) is 2.35. The van der Waals surface area contributed by atoms with Crippen LogP contribution in [0.2, 0.25) is 0 Å². The van der Waals surface area contributed by atoms with Crippen molar-refractivity contribution in [1.29, 1.82) is 0 Å². The van der Waals surface area contributed by atoms with Crippen LogP contribution in [0, 0.1) is 34.8 Å². The number of benzene rings is 3. The molecule has 0 spiro atoms. The summed E-state index contributed by atoms with van der Waals surface area (Å²) in [6, 6.07) is 15.4. The molecule has 4 aliphatic rings. The second-order valence-electron chi connectivity index (χ2n) is 10.5. The van der Waals surface area contributed by atoms with Crippen molar-refractivity contribution in [3.63, 3.8) is 0 Å². The molecule has 0 N–H and O–H groups in total. The number of nitrogens with zero attached hydrogens (tertiary/aromatic N) is 2. The Morgan fingerprint density at radius 2 is 1.63 bits per heavy atom. The van der Waals surface area contributed by atoms with Gasteiger partial charge in [-0.25, -0.2) is 8.42 Å². The lowest BCUT2D eigenvalue weighted by Crippen LogP contribution is -2.42. The number of hydrogen-bond donors (Lipinski definition) is 0. The zero-order valence-corrected chi connectivity index (χ0v) is 20.4. The quantitative estimate of drug-likeness (QED) is 0.320. The number of hydrogen-bond acceptors (Lipinski definition) is 5. The number of nitro benzene ring substituents is 1. The minimum absolute atomic E-state index is 0.0466. The molecule has 2 saturated carbocycles. The monoisotopic (exact) mass is 492 g/mol. The van der Waals surface area contributed by atoms with E-state index in [1.54, 1.807) is 29.4 Å². The van der Waals surface area contributed by atoms with E-state index in [0.29, 0.717) is 35.4 Å². The topological polar surface area (TPSA) is 89.8 Å². The Labute approximate surface area is 204 Å². The van der Waals surface area contributed by atoms with E-state index in [4.69, 9.17) is 4.74 Å². The molecular weight excluding hydrogens is 464 g/mol. The van der Waals surface area contributed by atoms with Crippen molar-refractivity contribution in [3.8, 4) is 11.5 Å². The highest BCUT2D eigenvalue weighted by atomic mass is 32.2. The van der Waals surface area contributed by atoms with Crippen LogP contribution < -0.4 is 4.74 Å². The van der Waals surface area contributed by atoms with Gasteiger partial charge in [-0.1, -0.05) is 30.3 Å². The van der Waals surface area contributed by atoms with Crippen molar-refractivity contribution >= 4 is 26.5 Å². The van der Waals surface area contributed by atoms with E-state index in [0.717, 1.165) is 36.6 Å². The van der Waals surface area contributed by atoms with E-state index < -0.39 is 14.9 Å². The number of nitro groups is 1. The van der Waals surface area contributed by atoms with Crippen molar-refractivity contribution in [2.24, 2.45) is 17.8 Å². The van der Waals surface area contributed by atoms with Gasteiger partial charge in [0.15, 0.2) is 0 Å². The van der Waals surface area contributed by atoms with Crippen molar-refractivity contribution in [3.05, 3.63) is 70.3 Å². The summed E-state index contributed by atoms with van der Waals surface area (Å²) in [5, 5.41) is 13.1. The standard InChI is InChI=1S/C27H28N2O5S/c1-17-6-7-26(25(8-17)29(30)31)34-27-15-23(14-21-4-2-3-5-24(21)27)35(32,33)28-16-20-10-18-9-19(11-20)13-22(28)12-18/h2-8,14-15,18-20,22H,9-13,16H2,1H3. The molecule has 8 heteroatoms. The maximum atomic E-state index is 14.0. The Balaban J connectivity index is 1.44. The lowest BCUT2D eigenvalue weighted by Gasteiger charge is -2.38. The third-order valence-electron chi connectivity index (χ3n) is 7.99. The van der Waals surface area contributed by atoms with E-state index in [-0.39, 0.29) is 22.4 Å². The summed E-state index contributed by atoms with van der Waals surface area (Å²) in [4.78, 5) is 11.4. The third kappa shape index (κ3) is 3.98. The van der Waals surface area contributed by atoms with Gasteiger partial charge >= 0.3 is 5.69 Å². The van der Waals surface area contributed by atoms with Gasteiger partial charge in [0.2, 0.25) is 15.8 Å². The normalized spacial score (nSPS) is 26.1. The van der Waals surface area contributed by atoms with E-state index >= 15 is 0 Å². The molecular formula is C27H28N2O5S. The third-order valence-corrected chi connectivity index (χ3v) is 9.89. The lowest BCUT2D eigenvalue weighted by molar-refractivity contribution is -0.385. The van der Waals surface area contributed by atoms with Crippen LogP contribution in [0.15, 0.2) is 59.5 Å². The first-order valence-electron chi connectivity index (χ1n) is 12.3. The van der Waals surface area contributed by atoms with Crippen LogP contribution >= 0.6 is 0 Å². The summed E-state index contributed by atoms with van der Waals surface area (Å²) in [5.41, 5.74) is 0.596. The van der Waals surface area contributed by atoms with E-state index in [1.807, 2.05) is 24.3 Å². The molecule has 0 radical (unpaired) electrons. The first kappa shape index (κ1) is 22.5. The molecule has 2 aliphatic heterocycles. The van der Waals surface area contributed by atoms with Gasteiger partial charge in [-0.2, -0.15) is 4.31 Å². The Morgan fingerprint density at radius 3 is 2.37 bits per heavy atom. The van der Waals surface area contributed by atoms with Crippen LogP contribution in [0.1, 0.15) is 37.7 Å². The second-order valence-corrected chi connectivity index (χ2v) is 12.4. The molecule has 4 bridgehead atoms. The maximum Gasteiger partial charge on any atom is 0.311 e. The van der Waals surface area contributed by atoms with Gasteiger partial charge in [0.05, 0.1) is 9.82 Å². The number of ether oxygens (including phenoxy) is 1. The molecule has 182 valence electrons. The zero-order chi connectivity index (χ0) is 24.3. The van der Waals surface area contributed by atoms with Gasteiger partial charge < -0.3 is 4.74 Å². The van der Waals surface area contributed by atoms with E-state index in [2.05, 4.69) is 0 Å². The Hall–Kier alpha value is -2.97. The van der Waals surface area contributed by atoms with Gasteiger partial charge in [-0.15, -0.1) is 0 Å². The molecule has 2 heterocycles. The summed E-state index contributed by atoms with van der Waals surface area (Å²) >= 11 is 0. The summed E-state index contributed by atoms with van der Waals surface area (Å²) in [6.07, 6.45) is 5.38. The van der Waals surface area contributed by atoms with Gasteiger partial charge in [-0.05, 0) is 79.9 Å². The molecule has 2 saturated heterocycles. The molecule has 2 atom stereocenters. The van der Waals surface area contributed by atoms with Crippen LogP contribution in [0.4, 0.5) is 5.69 Å². The smallest absolute Gasteiger partial charge is 0.311 e.